The van der Waals surface area contributed by atoms with E-state index in [0.717, 1.165) is 31.5 Å². The van der Waals surface area contributed by atoms with Crippen molar-refractivity contribution >= 4 is 0 Å². The highest BCUT2D eigenvalue weighted by atomic mass is 15.2. The molecule has 0 aromatic rings. The van der Waals surface area contributed by atoms with Gasteiger partial charge in [-0.05, 0) is 31.7 Å². The third kappa shape index (κ3) is 4.52. The van der Waals surface area contributed by atoms with Gasteiger partial charge < -0.3 is 5.73 Å². The van der Waals surface area contributed by atoms with Gasteiger partial charge in [0.15, 0.2) is 0 Å². The van der Waals surface area contributed by atoms with Crippen molar-refractivity contribution in [3.05, 3.63) is 0 Å². The first-order valence-corrected chi connectivity index (χ1v) is 6.63. The van der Waals surface area contributed by atoms with Gasteiger partial charge in [-0.15, -0.1) is 0 Å². The summed E-state index contributed by atoms with van der Waals surface area (Å²) in [6, 6.07) is 1.19. The van der Waals surface area contributed by atoms with Crippen LogP contribution < -0.4 is 5.73 Å². The van der Waals surface area contributed by atoms with Crippen LogP contribution in [0, 0.1) is 5.92 Å². The Morgan fingerprint density at radius 1 is 1.27 bits per heavy atom. The normalized spacial score (nSPS) is 20.4. The van der Waals surface area contributed by atoms with Gasteiger partial charge in [-0.1, -0.05) is 33.6 Å². The highest BCUT2D eigenvalue weighted by Crippen LogP contribution is 2.23. The molecule has 1 saturated carbocycles. The molecule has 1 rings (SSSR count). The Bertz CT molecular complexity index is 162. The van der Waals surface area contributed by atoms with E-state index in [0.29, 0.717) is 6.04 Å². The van der Waals surface area contributed by atoms with E-state index in [2.05, 4.69) is 25.7 Å². The standard InChI is InChI=1S/C13H28N2/c1-4-15(13-7-5-6-8-13)10-12(14)9-11(2)3/h11-13H,4-10,14H2,1-3H3. The second kappa shape index (κ2) is 6.49. The monoisotopic (exact) mass is 212 g/mol. The molecule has 2 nitrogen and oxygen atoms in total. The molecule has 0 bridgehead atoms. The lowest BCUT2D eigenvalue weighted by Crippen LogP contribution is -2.42. The Morgan fingerprint density at radius 3 is 2.33 bits per heavy atom. The van der Waals surface area contributed by atoms with E-state index < -0.39 is 0 Å². The zero-order chi connectivity index (χ0) is 11.3. The second-order valence-corrected chi connectivity index (χ2v) is 5.42. The van der Waals surface area contributed by atoms with Crippen LogP contribution in [0.2, 0.25) is 0 Å². The summed E-state index contributed by atoms with van der Waals surface area (Å²) in [7, 11) is 0. The molecule has 1 fully saturated rings. The Kier molecular flexibility index (Phi) is 5.62. The van der Waals surface area contributed by atoms with Crippen LogP contribution in [-0.4, -0.2) is 30.1 Å². The minimum absolute atomic E-state index is 0.366. The zero-order valence-electron chi connectivity index (χ0n) is 10.7. The van der Waals surface area contributed by atoms with Crippen molar-refractivity contribution in [2.45, 2.75) is 65.0 Å². The van der Waals surface area contributed by atoms with Crippen molar-refractivity contribution in [1.82, 2.24) is 4.90 Å². The molecular weight excluding hydrogens is 184 g/mol. The van der Waals surface area contributed by atoms with Crippen molar-refractivity contribution in [2.24, 2.45) is 11.7 Å². The maximum Gasteiger partial charge on any atom is 0.0170 e. The lowest BCUT2D eigenvalue weighted by Gasteiger charge is -2.30. The van der Waals surface area contributed by atoms with Crippen molar-refractivity contribution in [3.8, 4) is 0 Å². The summed E-state index contributed by atoms with van der Waals surface area (Å²) in [6.45, 7) is 9.04. The molecule has 1 unspecified atom stereocenters. The van der Waals surface area contributed by atoms with Crippen LogP contribution in [0.25, 0.3) is 0 Å². The quantitative estimate of drug-likeness (QED) is 0.733. The van der Waals surface area contributed by atoms with Crippen LogP contribution in [0.15, 0.2) is 0 Å². The average molecular weight is 212 g/mol. The fourth-order valence-electron chi connectivity index (χ4n) is 2.79. The number of rotatable bonds is 6. The van der Waals surface area contributed by atoms with Crippen LogP contribution in [0.4, 0.5) is 0 Å². The highest BCUT2D eigenvalue weighted by molar-refractivity contribution is 4.79. The van der Waals surface area contributed by atoms with Gasteiger partial charge in [-0.3, -0.25) is 4.90 Å². The summed E-state index contributed by atoms with van der Waals surface area (Å²) in [5.41, 5.74) is 6.18. The largest absolute Gasteiger partial charge is 0.327 e. The lowest BCUT2D eigenvalue weighted by atomic mass is 10.0. The molecule has 0 heterocycles. The Balaban J connectivity index is 2.31. The fourth-order valence-corrected chi connectivity index (χ4v) is 2.79. The second-order valence-electron chi connectivity index (χ2n) is 5.42. The summed E-state index contributed by atoms with van der Waals surface area (Å²) >= 11 is 0. The molecule has 0 spiro atoms. The van der Waals surface area contributed by atoms with Crippen molar-refractivity contribution < 1.29 is 0 Å². The van der Waals surface area contributed by atoms with E-state index in [4.69, 9.17) is 5.73 Å². The van der Waals surface area contributed by atoms with Gasteiger partial charge in [0.1, 0.15) is 0 Å². The lowest BCUT2D eigenvalue weighted by molar-refractivity contribution is 0.190. The smallest absolute Gasteiger partial charge is 0.0170 e. The van der Waals surface area contributed by atoms with Gasteiger partial charge in [0.25, 0.3) is 0 Å². The Morgan fingerprint density at radius 2 is 1.87 bits per heavy atom. The molecule has 0 aromatic heterocycles. The van der Waals surface area contributed by atoms with E-state index in [1.807, 2.05) is 0 Å². The summed E-state index contributed by atoms with van der Waals surface area (Å²) in [4.78, 5) is 2.60. The van der Waals surface area contributed by atoms with Gasteiger partial charge in [-0.2, -0.15) is 0 Å². The summed E-state index contributed by atoms with van der Waals surface area (Å²) in [5.74, 6) is 0.724. The van der Waals surface area contributed by atoms with Crippen LogP contribution in [0.3, 0.4) is 0 Å². The van der Waals surface area contributed by atoms with Crippen LogP contribution in [0.1, 0.15) is 52.9 Å². The third-order valence-electron chi connectivity index (χ3n) is 3.49. The molecule has 0 aliphatic heterocycles. The first kappa shape index (κ1) is 13.0. The van der Waals surface area contributed by atoms with Crippen molar-refractivity contribution in [2.75, 3.05) is 13.1 Å². The SMILES string of the molecule is CCN(CC(N)CC(C)C)C1CCCC1. The average Bonchev–Trinajstić information content (AvgIpc) is 2.65. The molecule has 2 heteroatoms. The minimum Gasteiger partial charge on any atom is -0.327 e. The molecule has 0 amide bonds. The first-order valence-electron chi connectivity index (χ1n) is 6.63. The van der Waals surface area contributed by atoms with E-state index in [1.54, 1.807) is 0 Å². The fraction of sp³-hybridized carbons (Fsp3) is 1.00. The predicted octanol–water partition coefficient (Wildman–Crippen LogP) is 2.62. The number of hydrogen-bond acceptors (Lipinski definition) is 2. The maximum absolute atomic E-state index is 6.18. The molecular formula is C13H28N2. The molecule has 90 valence electrons. The summed E-state index contributed by atoms with van der Waals surface area (Å²) in [5, 5.41) is 0. The number of nitrogens with two attached hydrogens (primary N) is 1. The van der Waals surface area contributed by atoms with E-state index in [1.165, 1.54) is 25.7 Å². The molecule has 0 saturated heterocycles. The minimum atomic E-state index is 0.366. The van der Waals surface area contributed by atoms with Crippen LogP contribution >= 0.6 is 0 Å². The number of hydrogen-bond donors (Lipinski definition) is 1. The first-order chi connectivity index (χ1) is 7.13. The predicted molar refractivity (Wildman–Crippen MR) is 66.9 cm³/mol. The van der Waals surface area contributed by atoms with E-state index in [-0.39, 0.29) is 0 Å². The molecule has 1 aliphatic carbocycles. The van der Waals surface area contributed by atoms with Crippen molar-refractivity contribution in [3.63, 3.8) is 0 Å². The van der Waals surface area contributed by atoms with Gasteiger partial charge in [0.2, 0.25) is 0 Å². The molecule has 0 radical (unpaired) electrons. The Labute approximate surface area is 95.2 Å². The van der Waals surface area contributed by atoms with E-state index in [9.17, 15) is 0 Å². The molecule has 1 aliphatic rings. The molecule has 15 heavy (non-hydrogen) atoms. The van der Waals surface area contributed by atoms with Gasteiger partial charge in [0, 0.05) is 18.6 Å². The number of likely N-dealkylation sites (N-methyl/N-ethyl adjacent to an activating group) is 1. The highest BCUT2D eigenvalue weighted by Gasteiger charge is 2.22. The van der Waals surface area contributed by atoms with E-state index >= 15 is 0 Å². The number of nitrogens with zero attached hydrogens (tertiary/aromatic N) is 1. The summed E-state index contributed by atoms with van der Waals surface area (Å²) in [6.07, 6.45) is 6.77. The Hall–Kier alpha value is -0.0800. The maximum atomic E-state index is 6.18. The zero-order valence-corrected chi connectivity index (χ0v) is 10.7. The van der Waals surface area contributed by atoms with Gasteiger partial charge >= 0.3 is 0 Å². The van der Waals surface area contributed by atoms with Crippen LogP contribution in [0.5, 0.6) is 0 Å². The molecule has 2 N–H and O–H groups in total. The topological polar surface area (TPSA) is 29.3 Å². The van der Waals surface area contributed by atoms with Gasteiger partial charge in [0.05, 0.1) is 0 Å². The van der Waals surface area contributed by atoms with Gasteiger partial charge in [-0.25, -0.2) is 0 Å². The molecule has 1 atom stereocenters. The van der Waals surface area contributed by atoms with Crippen LogP contribution in [-0.2, 0) is 0 Å². The summed E-state index contributed by atoms with van der Waals surface area (Å²) < 4.78 is 0. The molecule has 0 aromatic carbocycles. The van der Waals surface area contributed by atoms with Crippen molar-refractivity contribution in [1.29, 1.82) is 0 Å². The third-order valence-corrected chi connectivity index (χ3v) is 3.49.